The molecule has 5 nitrogen and oxygen atoms in total. The van der Waals surface area contributed by atoms with Gasteiger partial charge >= 0.3 is 0 Å². The predicted molar refractivity (Wildman–Crippen MR) is 73.4 cm³/mol. The van der Waals surface area contributed by atoms with Gasteiger partial charge < -0.3 is 10.4 Å². The van der Waals surface area contributed by atoms with Gasteiger partial charge in [0.05, 0.1) is 0 Å². The molecule has 0 atom stereocenters. The van der Waals surface area contributed by atoms with E-state index < -0.39 is 11.4 Å². The molecule has 2 rings (SSSR count). The van der Waals surface area contributed by atoms with Gasteiger partial charge in [-0.15, -0.1) is 0 Å². The highest BCUT2D eigenvalue weighted by molar-refractivity contribution is 5.34. The number of rotatable bonds is 4. The van der Waals surface area contributed by atoms with Gasteiger partial charge in [-0.3, -0.25) is 4.79 Å². The zero-order valence-corrected chi connectivity index (χ0v) is 11.3. The summed E-state index contributed by atoms with van der Waals surface area (Å²) in [7, 11) is 0. The van der Waals surface area contributed by atoms with Crippen LogP contribution in [0.5, 0.6) is 5.75 Å². The summed E-state index contributed by atoms with van der Waals surface area (Å²) in [4.78, 5) is 11.8. The first-order valence-corrected chi connectivity index (χ1v) is 6.29. The van der Waals surface area contributed by atoms with E-state index in [0.29, 0.717) is 5.69 Å². The number of hydrogen-bond donors (Lipinski definition) is 2. The Bertz CT molecular complexity index is 668. The zero-order valence-electron chi connectivity index (χ0n) is 11.3. The summed E-state index contributed by atoms with van der Waals surface area (Å²) < 4.78 is 14.7. The van der Waals surface area contributed by atoms with Crippen LogP contribution in [0.4, 0.5) is 4.39 Å². The van der Waals surface area contributed by atoms with Gasteiger partial charge in [-0.2, -0.15) is 9.78 Å². The van der Waals surface area contributed by atoms with Crippen molar-refractivity contribution in [3.8, 4) is 11.4 Å². The molecule has 0 spiro atoms. The second-order valence-corrected chi connectivity index (χ2v) is 4.71. The number of halogens is 1. The van der Waals surface area contributed by atoms with Gasteiger partial charge in [-0.05, 0) is 12.1 Å². The first-order valence-electron chi connectivity index (χ1n) is 6.29. The fourth-order valence-corrected chi connectivity index (χ4v) is 1.71. The highest BCUT2D eigenvalue weighted by Gasteiger charge is 2.12. The molecule has 0 aliphatic heterocycles. The molecule has 2 N–H and O–H groups in total. The minimum absolute atomic E-state index is 0.0586. The third-order valence-electron chi connectivity index (χ3n) is 2.74. The quantitative estimate of drug-likeness (QED) is 0.890. The summed E-state index contributed by atoms with van der Waals surface area (Å²) in [6.07, 6.45) is 0. The molecular formula is C14H16FN3O2. The summed E-state index contributed by atoms with van der Waals surface area (Å²) in [5, 5.41) is 16.8. The Balaban J connectivity index is 2.46. The van der Waals surface area contributed by atoms with Gasteiger partial charge in [0.15, 0.2) is 0 Å². The SMILES string of the molecule is CC(C)NCc1nn(-c2ccccc2F)c(=O)cc1O. The van der Waals surface area contributed by atoms with E-state index in [1.165, 1.54) is 18.2 Å². The molecular weight excluding hydrogens is 261 g/mol. The Morgan fingerprint density at radius 2 is 2.10 bits per heavy atom. The topological polar surface area (TPSA) is 67.2 Å². The van der Waals surface area contributed by atoms with Crippen molar-refractivity contribution in [1.29, 1.82) is 0 Å². The van der Waals surface area contributed by atoms with Crippen LogP contribution in [0.1, 0.15) is 19.5 Å². The van der Waals surface area contributed by atoms with Gasteiger partial charge in [-0.1, -0.05) is 26.0 Å². The van der Waals surface area contributed by atoms with Gasteiger partial charge in [-0.25, -0.2) is 4.39 Å². The average Bonchev–Trinajstić information content (AvgIpc) is 2.39. The molecule has 1 aromatic carbocycles. The molecule has 0 saturated carbocycles. The van der Waals surface area contributed by atoms with Crippen LogP contribution < -0.4 is 10.9 Å². The van der Waals surface area contributed by atoms with E-state index in [-0.39, 0.29) is 24.0 Å². The van der Waals surface area contributed by atoms with Gasteiger partial charge in [0.2, 0.25) is 0 Å². The zero-order chi connectivity index (χ0) is 14.7. The van der Waals surface area contributed by atoms with Crippen LogP contribution in [0.3, 0.4) is 0 Å². The third-order valence-corrected chi connectivity index (χ3v) is 2.74. The lowest BCUT2D eigenvalue weighted by atomic mass is 10.3. The maximum absolute atomic E-state index is 13.7. The van der Waals surface area contributed by atoms with Gasteiger partial charge in [0, 0.05) is 18.7 Å². The Hall–Kier alpha value is -2.21. The normalized spacial score (nSPS) is 11.0. The highest BCUT2D eigenvalue weighted by atomic mass is 19.1. The van der Waals surface area contributed by atoms with E-state index in [1.807, 2.05) is 13.8 Å². The van der Waals surface area contributed by atoms with Crippen LogP contribution in [0, 0.1) is 5.82 Å². The molecule has 0 aliphatic carbocycles. The standard InChI is InChI=1S/C14H16FN3O2/c1-9(2)16-8-11-13(19)7-14(20)18(17-11)12-6-4-3-5-10(12)15/h3-7,9,16,19H,8H2,1-2H3. The first kappa shape index (κ1) is 14.2. The lowest BCUT2D eigenvalue weighted by Crippen LogP contribution is -2.27. The van der Waals surface area contributed by atoms with Crippen LogP contribution in [-0.2, 0) is 6.54 Å². The van der Waals surface area contributed by atoms with Crippen LogP contribution in [-0.4, -0.2) is 20.9 Å². The van der Waals surface area contributed by atoms with E-state index in [1.54, 1.807) is 6.07 Å². The van der Waals surface area contributed by atoms with E-state index in [9.17, 15) is 14.3 Å². The molecule has 0 aliphatic rings. The highest BCUT2D eigenvalue weighted by Crippen LogP contribution is 2.14. The van der Waals surface area contributed by atoms with Gasteiger partial charge in [0.25, 0.3) is 5.56 Å². The van der Waals surface area contributed by atoms with Crippen molar-refractivity contribution in [1.82, 2.24) is 15.1 Å². The lowest BCUT2D eigenvalue weighted by molar-refractivity contribution is 0.446. The molecule has 20 heavy (non-hydrogen) atoms. The number of benzene rings is 1. The Kier molecular flexibility index (Phi) is 4.14. The van der Waals surface area contributed by atoms with E-state index in [4.69, 9.17) is 0 Å². The largest absolute Gasteiger partial charge is 0.506 e. The molecule has 1 heterocycles. The molecule has 0 amide bonds. The Morgan fingerprint density at radius 1 is 1.40 bits per heavy atom. The second kappa shape index (κ2) is 5.83. The van der Waals surface area contributed by atoms with Crippen molar-refractivity contribution in [2.75, 3.05) is 0 Å². The number of aromatic hydroxyl groups is 1. The fraction of sp³-hybridized carbons (Fsp3) is 0.286. The average molecular weight is 277 g/mol. The van der Waals surface area contributed by atoms with Crippen LogP contribution >= 0.6 is 0 Å². The van der Waals surface area contributed by atoms with Gasteiger partial charge in [0.1, 0.15) is 22.9 Å². The van der Waals surface area contributed by atoms with E-state index in [0.717, 1.165) is 10.7 Å². The van der Waals surface area contributed by atoms with Crippen molar-refractivity contribution in [3.63, 3.8) is 0 Å². The first-order chi connectivity index (χ1) is 9.49. The summed E-state index contributed by atoms with van der Waals surface area (Å²) in [6, 6.07) is 7.10. The van der Waals surface area contributed by atoms with Crippen molar-refractivity contribution in [2.24, 2.45) is 0 Å². The summed E-state index contributed by atoms with van der Waals surface area (Å²) in [6.45, 7) is 4.19. The molecule has 6 heteroatoms. The number of para-hydroxylation sites is 1. The maximum atomic E-state index is 13.7. The monoisotopic (exact) mass is 277 g/mol. The smallest absolute Gasteiger partial charge is 0.275 e. The third kappa shape index (κ3) is 3.03. The molecule has 0 saturated heterocycles. The fourth-order valence-electron chi connectivity index (χ4n) is 1.71. The molecule has 1 aromatic heterocycles. The number of hydrogen-bond acceptors (Lipinski definition) is 4. The molecule has 106 valence electrons. The second-order valence-electron chi connectivity index (χ2n) is 4.71. The summed E-state index contributed by atoms with van der Waals surface area (Å²) in [5.41, 5.74) is -0.231. The molecule has 0 unspecified atom stereocenters. The summed E-state index contributed by atoms with van der Waals surface area (Å²) >= 11 is 0. The minimum Gasteiger partial charge on any atom is -0.506 e. The molecule has 0 fully saturated rings. The minimum atomic E-state index is -0.583. The summed E-state index contributed by atoms with van der Waals surface area (Å²) in [5.74, 6) is -0.744. The Labute approximate surface area is 115 Å². The number of nitrogens with one attached hydrogen (secondary N) is 1. The number of aromatic nitrogens is 2. The van der Waals surface area contributed by atoms with E-state index in [2.05, 4.69) is 10.4 Å². The number of nitrogens with zero attached hydrogens (tertiary/aromatic N) is 2. The molecule has 0 bridgehead atoms. The maximum Gasteiger partial charge on any atom is 0.275 e. The Morgan fingerprint density at radius 3 is 2.75 bits per heavy atom. The van der Waals surface area contributed by atoms with Crippen molar-refractivity contribution < 1.29 is 9.50 Å². The van der Waals surface area contributed by atoms with Crippen molar-refractivity contribution >= 4 is 0 Å². The van der Waals surface area contributed by atoms with Crippen molar-refractivity contribution in [3.05, 3.63) is 52.2 Å². The lowest BCUT2D eigenvalue weighted by Gasteiger charge is -2.11. The molecule has 0 radical (unpaired) electrons. The van der Waals surface area contributed by atoms with Crippen LogP contribution in [0.15, 0.2) is 35.1 Å². The van der Waals surface area contributed by atoms with Crippen molar-refractivity contribution in [2.45, 2.75) is 26.4 Å². The van der Waals surface area contributed by atoms with Crippen LogP contribution in [0.25, 0.3) is 5.69 Å². The predicted octanol–water partition coefficient (Wildman–Crippen LogP) is 1.58. The van der Waals surface area contributed by atoms with E-state index >= 15 is 0 Å². The molecule has 2 aromatic rings. The van der Waals surface area contributed by atoms with Crippen LogP contribution in [0.2, 0.25) is 0 Å².